The molecule has 1 aromatic carbocycles. The Morgan fingerprint density at radius 2 is 1.86 bits per heavy atom. The number of rotatable bonds is 6. The van der Waals surface area contributed by atoms with Gasteiger partial charge in [-0.1, -0.05) is 43.2 Å². The second-order valence-electron chi connectivity index (χ2n) is 5.51. The molecule has 1 heterocycles. The molecular formula is C17H24BrN3. The summed E-state index contributed by atoms with van der Waals surface area (Å²) in [7, 11) is 0. The molecule has 0 saturated carbocycles. The second-order valence-corrected chi connectivity index (χ2v) is 6.37. The zero-order chi connectivity index (χ0) is 15.4. The van der Waals surface area contributed by atoms with Crippen molar-refractivity contribution < 1.29 is 0 Å². The zero-order valence-corrected chi connectivity index (χ0v) is 14.9. The highest BCUT2D eigenvalue weighted by Gasteiger charge is 2.21. The van der Waals surface area contributed by atoms with Gasteiger partial charge in [0.25, 0.3) is 0 Å². The minimum Gasteiger partial charge on any atom is -0.305 e. The molecule has 1 N–H and O–H groups in total. The summed E-state index contributed by atoms with van der Waals surface area (Å²) < 4.78 is 3.18. The molecule has 0 aliphatic heterocycles. The van der Waals surface area contributed by atoms with E-state index in [2.05, 4.69) is 76.9 Å². The van der Waals surface area contributed by atoms with E-state index >= 15 is 0 Å². The third-order valence-electron chi connectivity index (χ3n) is 3.53. The first-order valence-electron chi connectivity index (χ1n) is 7.59. The number of nitrogens with one attached hydrogen (secondary N) is 1. The van der Waals surface area contributed by atoms with Crippen LogP contribution in [0.2, 0.25) is 0 Å². The van der Waals surface area contributed by atoms with Gasteiger partial charge in [-0.15, -0.1) is 0 Å². The topological polar surface area (TPSA) is 29.9 Å². The van der Waals surface area contributed by atoms with E-state index in [-0.39, 0.29) is 6.04 Å². The van der Waals surface area contributed by atoms with Crippen LogP contribution in [0.5, 0.6) is 0 Å². The Labute approximate surface area is 135 Å². The fraction of sp³-hybridized carbons (Fsp3) is 0.471. The Morgan fingerprint density at radius 3 is 2.43 bits per heavy atom. The summed E-state index contributed by atoms with van der Waals surface area (Å²) in [6.45, 7) is 10.5. The lowest BCUT2D eigenvalue weighted by Gasteiger charge is -2.21. The van der Waals surface area contributed by atoms with Crippen LogP contribution in [0.4, 0.5) is 0 Å². The van der Waals surface area contributed by atoms with Gasteiger partial charge in [0.05, 0.1) is 22.4 Å². The van der Waals surface area contributed by atoms with Crippen molar-refractivity contribution in [3.05, 3.63) is 51.3 Å². The summed E-state index contributed by atoms with van der Waals surface area (Å²) in [6, 6.07) is 6.90. The van der Waals surface area contributed by atoms with Gasteiger partial charge in [0.15, 0.2) is 0 Å². The predicted molar refractivity (Wildman–Crippen MR) is 91.7 cm³/mol. The molecule has 0 aliphatic rings. The van der Waals surface area contributed by atoms with E-state index in [0.29, 0.717) is 0 Å². The van der Waals surface area contributed by atoms with Crippen molar-refractivity contribution in [3.8, 4) is 0 Å². The average Bonchev–Trinajstić information content (AvgIpc) is 2.77. The highest BCUT2D eigenvalue weighted by molar-refractivity contribution is 9.10. The van der Waals surface area contributed by atoms with Gasteiger partial charge in [0.2, 0.25) is 0 Å². The SMILES string of the molecule is CCCn1ncc(Br)c1C(NCC)c1cc(C)cc(C)c1. The van der Waals surface area contributed by atoms with E-state index in [1.807, 2.05) is 6.20 Å². The Bertz CT molecular complexity index is 584. The van der Waals surface area contributed by atoms with Crippen LogP contribution < -0.4 is 5.32 Å². The highest BCUT2D eigenvalue weighted by atomic mass is 79.9. The first kappa shape index (κ1) is 16.2. The third-order valence-corrected chi connectivity index (χ3v) is 4.14. The van der Waals surface area contributed by atoms with Gasteiger partial charge in [-0.3, -0.25) is 4.68 Å². The van der Waals surface area contributed by atoms with Crippen LogP contribution >= 0.6 is 15.9 Å². The van der Waals surface area contributed by atoms with Crippen LogP contribution in [0.3, 0.4) is 0 Å². The zero-order valence-electron chi connectivity index (χ0n) is 13.3. The van der Waals surface area contributed by atoms with Crippen molar-refractivity contribution in [1.29, 1.82) is 0 Å². The maximum Gasteiger partial charge on any atom is 0.0759 e. The second kappa shape index (κ2) is 7.23. The molecule has 4 heteroatoms. The van der Waals surface area contributed by atoms with Gasteiger partial charge < -0.3 is 5.32 Å². The molecule has 2 rings (SSSR count). The number of hydrogen-bond acceptors (Lipinski definition) is 2. The molecule has 114 valence electrons. The van der Waals surface area contributed by atoms with Crippen LogP contribution in [0, 0.1) is 13.8 Å². The molecule has 0 spiro atoms. The largest absolute Gasteiger partial charge is 0.305 e. The van der Waals surface area contributed by atoms with Crippen LogP contribution in [-0.4, -0.2) is 16.3 Å². The summed E-state index contributed by atoms with van der Waals surface area (Å²) in [5.41, 5.74) is 5.10. The van der Waals surface area contributed by atoms with E-state index in [1.165, 1.54) is 22.4 Å². The quantitative estimate of drug-likeness (QED) is 0.838. The van der Waals surface area contributed by atoms with Crippen molar-refractivity contribution >= 4 is 15.9 Å². The molecule has 3 nitrogen and oxygen atoms in total. The van der Waals surface area contributed by atoms with E-state index in [0.717, 1.165) is 24.0 Å². The number of aromatic nitrogens is 2. The molecule has 0 fully saturated rings. The lowest BCUT2D eigenvalue weighted by molar-refractivity contribution is 0.519. The van der Waals surface area contributed by atoms with Gasteiger partial charge in [-0.2, -0.15) is 5.10 Å². The van der Waals surface area contributed by atoms with Crippen molar-refractivity contribution in [1.82, 2.24) is 15.1 Å². The number of halogens is 1. The number of benzene rings is 1. The van der Waals surface area contributed by atoms with Gasteiger partial charge in [-0.25, -0.2) is 0 Å². The highest BCUT2D eigenvalue weighted by Crippen LogP contribution is 2.30. The van der Waals surface area contributed by atoms with Crippen molar-refractivity contribution in [3.63, 3.8) is 0 Å². The first-order chi connectivity index (χ1) is 10.1. The van der Waals surface area contributed by atoms with E-state index in [1.54, 1.807) is 0 Å². The fourth-order valence-electron chi connectivity index (χ4n) is 2.80. The molecule has 1 unspecified atom stereocenters. The summed E-state index contributed by atoms with van der Waals surface area (Å²) in [4.78, 5) is 0. The molecule has 0 saturated heterocycles. The molecular weight excluding hydrogens is 326 g/mol. The maximum absolute atomic E-state index is 4.51. The van der Waals surface area contributed by atoms with Crippen molar-refractivity contribution in [2.75, 3.05) is 6.54 Å². The van der Waals surface area contributed by atoms with E-state index < -0.39 is 0 Å². The maximum atomic E-state index is 4.51. The lowest BCUT2D eigenvalue weighted by atomic mass is 9.99. The summed E-state index contributed by atoms with van der Waals surface area (Å²) in [6.07, 6.45) is 2.98. The van der Waals surface area contributed by atoms with Crippen molar-refractivity contribution in [2.24, 2.45) is 0 Å². The minimum absolute atomic E-state index is 0.164. The first-order valence-corrected chi connectivity index (χ1v) is 8.38. The van der Waals surface area contributed by atoms with Gasteiger partial charge >= 0.3 is 0 Å². The Kier molecular flexibility index (Phi) is 5.59. The minimum atomic E-state index is 0.164. The molecule has 2 aromatic rings. The monoisotopic (exact) mass is 349 g/mol. The van der Waals surface area contributed by atoms with Gasteiger partial charge in [0, 0.05) is 6.54 Å². The summed E-state index contributed by atoms with van der Waals surface area (Å²) in [5.74, 6) is 0. The Balaban J connectivity index is 2.50. The molecule has 0 aliphatic carbocycles. The number of hydrogen-bond donors (Lipinski definition) is 1. The Morgan fingerprint density at radius 1 is 1.19 bits per heavy atom. The normalized spacial score (nSPS) is 12.6. The molecule has 1 atom stereocenters. The van der Waals surface area contributed by atoms with E-state index in [4.69, 9.17) is 0 Å². The summed E-state index contributed by atoms with van der Waals surface area (Å²) in [5, 5.41) is 8.11. The van der Waals surface area contributed by atoms with Gasteiger partial charge in [0.1, 0.15) is 0 Å². The standard InChI is InChI=1S/C17H24BrN3/c1-5-7-21-17(15(18)11-20-21)16(19-6-2)14-9-12(3)8-13(4)10-14/h8-11,16,19H,5-7H2,1-4H3. The smallest absolute Gasteiger partial charge is 0.0759 e. The van der Waals surface area contributed by atoms with Crippen molar-refractivity contribution in [2.45, 2.75) is 46.7 Å². The van der Waals surface area contributed by atoms with Gasteiger partial charge in [-0.05, 0) is 48.3 Å². The number of aryl methyl sites for hydroxylation is 3. The van der Waals surface area contributed by atoms with E-state index in [9.17, 15) is 0 Å². The van der Waals surface area contributed by atoms with Crippen LogP contribution in [0.25, 0.3) is 0 Å². The molecule has 0 bridgehead atoms. The predicted octanol–water partition coefficient (Wildman–Crippen LogP) is 4.37. The van der Waals surface area contributed by atoms with Crippen LogP contribution in [-0.2, 0) is 6.54 Å². The molecule has 0 radical (unpaired) electrons. The van der Waals surface area contributed by atoms with Crippen LogP contribution in [0.15, 0.2) is 28.9 Å². The lowest BCUT2D eigenvalue weighted by Crippen LogP contribution is -2.25. The van der Waals surface area contributed by atoms with Crippen LogP contribution in [0.1, 0.15) is 48.7 Å². The molecule has 1 aromatic heterocycles. The Hall–Kier alpha value is -1.13. The third kappa shape index (κ3) is 3.74. The number of nitrogens with zero attached hydrogens (tertiary/aromatic N) is 2. The fourth-order valence-corrected chi connectivity index (χ4v) is 3.33. The molecule has 0 amide bonds. The summed E-state index contributed by atoms with van der Waals surface area (Å²) >= 11 is 3.67. The average molecular weight is 350 g/mol. The molecule has 21 heavy (non-hydrogen) atoms.